The summed E-state index contributed by atoms with van der Waals surface area (Å²) in [6.45, 7) is -0.355. The zero-order valence-electron chi connectivity index (χ0n) is 20.3. The molecule has 0 aromatic heterocycles. The number of rotatable bonds is 14. The molecule has 0 bridgehead atoms. The smallest absolute Gasteiger partial charge is 0.392 e. The lowest BCUT2D eigenvalue weighted by Crippen LogP contribution is -2.13. The van der Waals surface area contributed by atoms with Crippen molar-refractivity contribution in [1.29, 1.82) is 0 Å². The number of unbranched alkanes of at least 4 members (excludes halogenated alkanes) is 3. The number of halogens is 3. The van der Waals surface area contributed by atoms with E-state index in [1.165, 1.54) is 18.2 Å². The molecule has 0 amide bonds. The summed E-state index contributed by atoms with van der Waals surface area (Å²) in [6.07, 6.45) is -0.0938. The SMILES string of the molecule is Nc1cc(N)cc(C(=O)OCCCCCCOc2ccc(/C=C/C(=O)OCCC(F)(F)F)cc2CO)c1. The van der Waals surface area contributed by atoms with Crippen molar-refractivity contribution in [3.63, 3.8) is 0 Å². The van der Waals surface area contributed by atoms with Crippen LogP contribution in [0.25, 0.3) is 6.08 Å². The summed E-state index contributed by atoms with van der Waals surface area (Å²) in [6, 6.07) is 9.48. The Morgan fingerprint density at radius 1 is 0.892 bits per heavy atom. The molecule has 11 heteroatoms. The normalized spacial score (nSPS) is 11.5. The summed E-state index contributed by atoms with van der Waals surface area (Å²) in [4.78, 5) is 23.6. The Labute approximate surface area is 213 Å². The molecule has 2 rings (SSSR count). The molecule has 0 aliphatic carbocycles. The van der Waals surface area contributed by atoms with Gasteiger partial charge in [-0.25, -0.2) is 9.59 Å². The van der Waals surface area contributed by atoms with Gasteiger partial charge >= 0.3 is 18.1 Å². The number of nitrogens with two attached hydrogens (primary N) is 2. The third-order valence-corrected chi connectivity index (χ3v) is 5.04. The average molecular weight is 525 g/mol. The number of aliphatic hydroxyl groups excluding tert-OH is 1. The quantitative estimate of drug-likeness (QED) is 0.141. The number of hydrogen-bond acceptors (Lipinski definition) is 8. The number of carbonyl (C=O) groups excluding carboxylic acids is 2. The summed E-state index contributed by atoms with van der Waals surface area (Å²) in [5.74, 6) is -0.877. The number of benzene rings is 2. The van der Waals surface area contributed by atoms with Crippen molar-refractivity contribution in [2.45, 2.75) is 44.9 Å². The molecule has 0 fully saturated rings. The molecule has 0 aliphatic heterocycles. The average Bonchev–Trinajstić information content (AvgIpc) is 2.83. The van der Waals surface area contributed by atoms with E-state index in [0.717, 1.165) is 25.3 Å². The van der Waals surface area contributed by atoms with Gasteiger partial charge in [0.1, 0.15) is 12.4 Å². The van der Waals surface area contributed by atoms with E-state index in [-0.39, 0.29) is 13.2 Å². The van der Waals surface area contributed by atoms with Crippen molar-refractivity contribution >= 4 is 29.4 Å². The highest BCUT2D eigenvalue weighted by atomic mass is 19.4. The van der Waals surface area contributed by atoms with Crippen LogP contribution in [0.1, 0.15) is 53.6 Å². The standard InChI is InChI=1S/C26H31F3N2O6/c27-26(28,29)9-12-36-24(33)8-6-18-5-7-23(20(13-18)17-32)35-10-3-1-2-4-11-37-25(34)19-14-21(30)16-22(31)15-19/h5-8,13-16,32H,1-4,9-12,17,30-31H2/b8-6+. The van der Waals surface area contributed by atoms with Crippen LogP contribution in [0, 0.1) is 0 Å². The second-order valence-electron chi connectivity index (χ2n) is 8.18. The lowest BCUT2D eigenvalue weighted by molar-refractivity contribution is -0.155. The van der Waals surface area contributed by atoms with Crippen LogP contribution in [0.15, 0.2) is 42.5 Å². The first-order valence-corrected chi connectivity index (χ1v) is 11.7. The van der Waals surface area contributed by atoms with Crippen LogP contribution in [0.2, 0.25) is 0 Å². The Bertz CT molecular complexity index is 1050. The van der Waals surface area contributed by atoms with Crippen LogP contribution in [-0.2, 0) is 20.9 Å². The number of alkyl halides is 3. The van der Waals surface area contributed by atoms with E-state index in [2.05, 4.69) is 4.74 Å². The second-order valence-corrected chi connectivity index (χ2v) is 8.18. The minimum absolute atomic E-state index is 0.272. The fraction of sp³-hybridized carbons (Fsp3) is 0.385. The third-order valence-electron chi connectivity index (χ3n) is 5.04. The Morgan fingerprint density at radius 2 is 1.57 bits per heavy atom. The van der Waals surface area contributed by atoms with E-state index in [0.29, 0.717) is 46.8 Å². The van der Waals surface area contributed by atoms with Crippen molar-refractivity contribution in [1.82, 2.24) is 0 Å². The molecule has 2 aromatic rings. The second kappa shape index (κ2) is 14.7. The molecule has 0 heterocycles. The largest absolute Gasteiger partial charge is 0.493 e. The van der Waals surface area contributed by atoms with Crippen molar-refractivity contribution in [2.75, 3.05) is 31.3 Å². The van der Waals surface area contributed by atoms with Gasteiger partial charge in [0.2, 0.25) is 0 Å². The van der Waals surface area contributed by atoms with E-state index in [4.69, 9.17) is 20.9 Å². The highest BCUT2D eigenvalue weighted by Gasteiger charge is 2.27. The number of nitrogen functional groups attached to an aromatic ring is 2. The summed E-state index contributed by atoms with van der Waals surface area (Å²) >= 11 is 0. The zero-order valence-corrected chi connectivity index (χ0v) is 20.3. The Balaban J connectivity index is 1.66. The first-order valence-electron chi connectivity index (χ1n) is 11.7. The lowest BCUT2D eigenvalue weighted by Gasteiger charge is -2.11. The summed E-state index contributed by atoms with van der Waals surface area (Å²) in [5, 5.41) is 9.61. The Kier molecular flexibility index (Phi) is 11.8. The summed E-state index contributed by atoms with van der Waals surface area (Å²) in [5.41, 5.74) is 13.5. The molecule has 5 N–H and O–H groups in total. The molecule has 8 nitrogen and oxygen atoms in total. The van der Waals surface area contributed by atoms with Crippen LogP contribution in [0.3, 0.4) is 0 Å². The fourth-order valence-electron chi connectivity index (χ4n) is 3.23. The van der Waals surface area contributed by atoms with Gasteiger partial charge in [-0.05, 0) is 67.7 Å². The van der Waals surface area contributed by atoms with Crippen molar-refractivity contribution < 1.29 is 42.1 Å². The minimum Gasteiger partial charge on any atom is -0.493 e. The lowest BCUT2D eigenvalue weighted by atomic mass is 10.1. The highest BCUT2D eigenvalue weighted by molar-refractivity contribution is 5.91. The maximum absolute atomic E-state index is 12.1. The summed E-state index contributed by atoms with van der Waals surface area (Å²) < 4.78 is 51.7. The predicted octanol–water partition coefficient (Wildman–Crippen LogP) is 4.65. The van der Waals surface area contributed by atoms with Gasteiger partial charge in [0.05, 0.1) is 31.8 Å². The first kappa shape index (κ1) is 29.5. The zero-order chi connectivity index (χ0) is 27.3. The van der Waals surface area contributed by atoms with Crippen LogP contribution < -0.4 is 16.2 Å². The van der Waals surface area contributed by atoms with Gasteiger partial charge in [-0.2, -0.15) is 13.2 Å². The molecule has 0 saturated heterocycles. The molecular weight excluding hydrogens is 493 g/mol. The predicted molar refractivity (Wildman–Crippen MR) is 133 cm³/mol. The van der Waals surface area contributed by atoms with Crippen LogP contribution >= 0.6 is 0 Å². The number of ether oxygens (including phenoxy) is 3. The molecule has 0 saturated carbocycles. The van der Waals surface area contributed by atoms with Crippen molar-refractivity contribution in [2.24, 2.45) is 0 Å². The van der Waals surface area contributed by atoms with Crippen LogP contribution in [0.5, 0.6) is 5.75 Å². The molecule has 0 unspecified atom stereocenters. The maximum atomic E-state index is 12.1. The molecular formula is C26H31F3N2O6. The number of aliphatic hydroxyl groups is 1. The topological polar surface area (TPSA) is 134 Å². The molecule has 0 radical (unpaired) electrons. The van der Waals surface area contributed by atoms with E-state index in [1.807, 2.05) is 0 Å². The molecule has 37 heavy (non-hydrogen) atoms. The molecule has 0 spiro atoms. The molecule has 0 aliphatic rings. The van der Waals surface area contributed by atoms with Crippen LogP contribution in [0.4, 0.5) is 24.5 Å². The highest BCUT2D eigenvalue weighted by Crippen LogP contribution is 2.22. The number of carbonyl (C=O) groups is 2. The van der Waals surface area contributed by atoms with E-state index in [9.17, 15) is 27.9 Å². The van der Waals surface area contributed by atoms with Gasteiger partial charge in [0, 0.05) is 23.0 Å². The first-order chi connectivity index (χ1) is 17.6. The van der Waals surface area contributed by atoms with Gasteiger partial charge in [0.25, 0.3) is 0 Å². The molecule has 202 valence electrons. The fourth-order valence-corrected chi connectivity index (χ4v) is 3.23. The third kappa shape index (κ3) is 11.7. The number of hydrogen-bond donors (Lipinski definition) is 3. The van der Waals surface area contributed by atoms with Crippen LogP contribution in [-0.4, -0.2) is 43.0 Å². The number of esters is 2. The molecule has 2 aromatic carbocycles. The van der Waals surface area contributed by atoms with Crippen molar-refractivity contribution in [3.8, 4) is 5.75 Å². The van der Waals surface area contributed by atoms with E-state index < -0.39 is 31.1 Å². The van der Waals surface area contributed by atoms with E-state index >= 15 is 0 Å². The Hall–Kier alpha value is -3.73. The minimum atomic E-state index is -4.39. The van der Waals surface area contributed by atoms with Gasteiger partial charge in [0.15, 0.2) is 0 Å². The molecule has 0 atom stereocenters. The maximum Gasteiger partial charge on any atom is 0.392 e. The number of anilines is 2. The van der Waals surface area contributed by atoms with Gasteiger partial charge in [-0.1, -0.05) is 6.07 Å². The Morgan fingerprint density at radius 3 is 2.22 bits per heavy atom. The van der Waals surface area contributed by atoms with Crippen molar-refractivity contribution in [3.05, 3.63) is 59.2 Å². The van der Waals surface area contributed by atoms with Gasteiger partial charge < -0.3 is 30.8 Å². The van der Waals surface area contributed by atoms with E-state index in [1.54, 1.807) is 24.3 Å². The monoisotopic (exact) mass is 524 g/mol. The van der Waals surface area contributed by atoms with Gasteiger partial charge in [-0.15, -0.1) is 0 Å². The van der Waals surface area contributed by atoms with Gasteiger partial charge in [-0.3, -0.25) is 0 Å². The summed E-state index contributed by atoms with van der Waals surface area (Å²) in [7, 11) is 0.